The van der Waals surface area contributed by atoms with Gasteiger partial charge in [-0.3, -0.25) is 14.9 Å². The lowest BCUT2D eigenvalue weighted by Crippen LogP contribution is -2.36. The minimum atomic E-state index is -0.699. The smallest absolute Gasteiger partial charge is 0.315 e. The van der Waals surface area contributed by atoms with E-state index in [2.05, 4.69) is 33.6 Å². The number of aryl methyl sites for hydroxylation is 1. The van der Waals surface area contributed by atoms with E-state index >= 15 is 0 Å². The molecule has 0 spiro atoms. The Bertz CT molecular complexity index is 839. The summed E-state index contributed by atoms with van der Waals surface area (Å²) in [6.07, 6.45) is 4.16. The number of nitrogens with one attached hydrogen (secondary N) is 3. The van der Waals surface area contributed by atoms with Gasteiger partial charge in [-0.1, -0.05) is 12.1 Å². The van der Waals surface area contributed by atoms with Crippen LogP contribution in [-0.2, 0) is 16.0 Å². The number of carbonyl (C=O) groups is 2. The molecule has 0 saturated heterocycles. The molecule has 0 bridgehead atoms. The molecule has 0 aliphatic carbocycles. The third-order valence-corrected chi connectivity index (χ3v) is 4.22. The summed E-state index contributed by atoms with van der Waals surface area (Å²) in [7, 11) is 0. The molecule has 0 atom stereocenters. The second kappa shape index (κ2) is 6.62. The van der Waals surface area contributed by atoms with Crippen molar-refractivity contribution in [3.05, 3.63) is 47.1 Å². The van der Waals surface area contributed by atoms with E-state index in [0.717, 1.165) is 11.1 Å². The molecule has 7 heteroatoms. The molecule has 3 aromatic rings. The van der Waals surface area contributed by atoms with E-state index < -0.39 is 11.8 Å². The molecule has 0 radical (unpaired) electrons. The molecule has 118 valence electrons. The highest BCUT2D eigenvalue weighted by atomic mass is 32.1. The number of thiazole rings is 1. The first-order valence-corrected chi connectivity index (χ1v) is 8.07. The standard InChI is InChI=1S/C16H16N4O2S/c1-10-3-2-4-12-13(10)11(9-19-12)5-6-17-14(21)15(22)20-16-18-7-8-23-16/h2-4,7-9,19H,5-6H2,1H3,(H,17,21)(H,18,20,22). The summed E-state index contributed by atoms with van der Waals surface area (Å²) in [6.45, 7) is 2.45. The SMILES string of the molecule is Cc1cccc2[nH]cc(CCNC(=O)C(=O)Nc3nccs3)c12. The van der Waals surface area contributed by atoms with E-state index in [-0.39, 0.29) is 0 Å². The molecule has 6 nitrogen and oxygen atoms in total. The van der Waals surface area contributed by atoms with Crippen LogP contribution < -0.4 is 10.6 Å². The summed E-state index contributed by atoms with van der Waals surface area (Å²) in [6, 6.07) is 6.08. The molecule has 1 aromatic carbocycles. The third kappa shape index (κ3) is 3.40. The van der Waals surface area contributed by atoms with E-state index in [0.29, 0.717) is 18.1 Å². The van der Waals surface area contributed by atoms with Gasteiger partial charge in [-0.05, 0) is 30.5 Å². The molecule has 0 unspecified atom stereocenters. The van der Waals surface area contributed by atoms with Gasteiger partial charge in [-0.25, -0.2) is 4.98 Å². The van der Waals surface area contributed by atoms with Crippen LogP contribution in [0, 0.1) is 6.92 Å². The zero-order chi connectivity index (χ0) is 16.2. The molecule has 0 saturated carbocycles. The van der Waals surface area contributed by atoms with Crippen molar-refractivity contribution in [3.63, 3.8) is 0 Å². The number of carbonyl (C=O) groups excluding carboxylic acids is 2. The Morgan fingerprint density at radius 3 is 2.96 bits per heavy atom. The van der Waals surface area contributed by atoms with Crippen LogP contribution in [0.5, 0.6) is 0 Å². The molecule has 2 amide bonds. The largest absolute Gasteiger partial charge is 0.361 e. The van der Waals surface area contributed by atoms with Crippen LogP contribution in [0.15, 0.2) is 36.0 Å². The van der Waals surface area contributed by atoms with Crippen LogP contribution in [0.3, 0.4) is 0 Å². The second-order valence-corrected chi connectivity index (χ2v) is 6.00. The monoisotopic (exact) mass is 328 g/mol. The first-order valence-electron chi connectivity index (χ1n) is 7.19. The number of hydrogen-bond donors (Lipinski definition) is 3. The van der Waals surface area contributed by atoms with Gasteiger partial charge in [0.25, 0.3) is 0 Å². The zero-order valence-electron chi connectivity index (χ0n) is 12.6. The first kappa shape index (κ1) is 15.2. The number of fused-ring (bicyclic) bond motifs is 1. The lowest BCUT2D eigenvalue weighted by atomic mass is 10.1. The van der Waals surface area contributed by atoms with Gasteiger partial charge >= 0.3 is 11.8 Å². The highest BCUT2D eigenvalue weighted by Crippen LogP contribution is 2.22. The Kier molecular flexibility index (Phi) is 4.38. The van der Waals surface area contributed by atoms with Crippen molar-refractivity contribution in [2.45, 2.75) is 13.3 Å². The van der Waals surface area contributed by atoms with Crippen LogP contribution in [0.4, 0.5) is 5.13 Å². The topological polar surface area (TPSA) is 86.9 Å². The number of hydrogen-bond acceptors (Lipinski definition) is 4. The van der Waals surface area contributed by atoms with E-state index in [9.17, 15) is 9.59 Å². The summed E-state index contributed by atoms with van der Waals surface area (Å²) < 4.78 is 0. The number of aromatic amines is 1. The van der Waals surface area contributed by atoms with E-state index in [4.69, 9.17) is 0 Å². The minimum absolute atomic E-state index is 0.394. The van der Waals surface area contributed by atoms with Crippen LogP contribution >= 0.6 is 11.3 Å². The van der Waals surface area contributed by atoms with Crippen molar-refractivity contribution < 1.29 is 9.59 Å². The minimum Gasteiger partial charge on any atom is -0.361 e. The fraction of sp³-hybridized carbons (Fsp3) is 0.188. The summed E-state index contributed by atoms with van der Waals surface area (Å²) in [5.41, 5.74) is 3.39. The Morgan fingerprint density at radius 2 is 2.17 bits per heavy atom. The fourth-order valence-corrected chi connectivity index (χ4v) is 3.00. The van der Waals surface area contributed by atoms with Crippen LogP contribution in [-0.4, -0.2) is 28.3 Å². The molecular formula is C16H16N4O2S. The number of amides is 2. The van der Waals surface area contributed by atoms with E-state index in [1.165, 1.54) is 22.3 Å². The summed E-state index contributed by atoms with van der Waals surface area (Å²) >= 11 is 1.27. The molecule has 2 heterocycles. The van der Waals surface area contributed by atoms with E-state index in [1.807, 2.05) is 18.3 Å². The van der Waals surface area contributed by atoms with Crippen molar-refractivity contribution in [1.82, 2.24) is 15.3 Å². The number of anilines is 1. The highest BCUT2D eigenvalue weighted by Gasteiger charge is 2.14. The maximum atomic E-state index is 11.8. The summed E-state index contributed by atoms with van der Waals surface area (Å²) in [4.78, 5) is 30.6. The Hall–Kier alpha value is -2.67. The normalized spacial score (nSPS) is 10.7. The van der Waals surface area contributed by atoms with Gasteiger partial charge in [-0.2, -0.15) is 0 Å². The van der Waals surface area contributed by atoms with Crippen LogP contribution in [0.2, 0.25) is 0 Å². The number of H-pyrrole nitrogens is 1. The summed E-state index contributed by atoms with van der Waals surface area (Å²) in [5, 5.41) is 8.40. The number of benzene rings is 1. The summed E-state index contributed by atoms with van der Waals surface area (Å²) in [5.74, 6) is -1.35. The molecule has 3 N–H and O–H groups in total. The van der Waals surface area contributed by atoms with Gasteiger partial charge in [0.15, 0.2) is 5.13 Å². The number of aromatic nitrogens is 2. The Labute approximate surface area is 136 Å². The number of nitrogens with zero attached hydrogens (tertiary/aromatic N) is 1. The quantitative estimate of drug-likeness (QED) is 0.642. The number of rotatable bonds is 4. The first-order chi connectivity index (χ1) is 11.1. The molecule has 3 rings (SSSR count). The van der Waals surface area contributed by atoms with Gasteiger partial charge in [0.1, 0.15) is 0 Å². The van der Waals surface area contributed by atoms with Gasteiger partial charge < -0.3 is 10.3 Å². The predicted octanol–water partition coefficient (Wildman–Crippen LogP) is 2.23. The molecule has 23 heavy (non-hydrogen) atoms. The van der Waals surface area contributed by atoms with E-state index in [1.54, 1.807) is 11.6 Å². The lowest BCUT2D eigenvalue weighted by Gasteiger charge is -2.05. The molecule has 0 fully saturated rings. The molecule has 2 aromatic heterocycles. The van der Waals surface area contributed by atoms with Gasteiger partial charge in [0.05, 0.1) is 0 Å². The average molecular weight is 328 g/mol. The average Bonchev–Trinajstić information content (AvgIpc) is 3.17. The van der Waals surface area contributed by atoms with Crippen molar-refractivity contribution in [2.75, 3.05) is 11.9 Å². The second-order valence-electron chi connectivity index (χ2n) is 5.11. The van der Waals surface area contributed by atoms with Crippen molar-refractivity contribution in [2.24, 2.45) is 0 Å². The van der Waals surface area contributed by atoms with Crippen molar-refractivity contribution in [1.29, 1.82) is 0 Å². The molecule has 0 aliphatic rings. The molecule has 0 aliphatic heterocycles. The Morgan fingerprint density at radius 1 is 1.30 bits per heavy atom. The van der Waals surface area contributed by atoms with Crippen molar-refractivity contribution in [3.8, 4) is 0 Å². The van der Waals surface area contributed by atoms with Crippen LogP contribution in [0.1, 0.15) is 11.1 Å². The van der Waals surface area contributed by atoms with Crippen LogP contribution in [0.25, 0.3) is 10.9 Å². The maximum absolute atomic E-state index is 11.8. The van der Waals surface area contributed by atoms with Gasteiger partial charge in [0, 0.05) is 35.2 Å². The van der Waals surface area contributed by atoms with Gasteiger partial charge in [-0.15, -0.1) is 11.3 Å². The predicted molar refractivity (Wildman–Crippen MR) is 90.5 cm³/mol. The lowest BCUT2D eigenvalue weighted by molar-refractivity contribution is -0.136. The zero-order valence-corrected chi connectivity index (χ0v) is 13.4. The maximum Gasteiger partial charge on any atom is 0.315 e. The van der Waals surface area contributed by atoms with Gasteiger partial charge in [0.2, 0.25) is 0 Å². The highest BCUT2D eigenvalue weighted by molar-refractivity contribution is 7.13. The molecular weight excluding hydrogens is 312 g/mol. The third-order valence-electron chi connectivity index (χ3n) is 3.53. The van der Waals surface area contributed by atoms with Crippen molar-refractivity contribution >= 4 is 39.2 Å². The fourth-order valence-electron chi connectivity index (χ4n) is 2.48. The Balaban J connectivity index is 1.56.